The van der Waals surface area contributed by atoms with Crippen molar-refractivity contribution in [2.45, 2.75) is 26.8 Å². The van der Waals surface area contributed by atoms with Crippen LogP contribution in [0.25, 0.3) is 5.70 Å². The number of rotatable bonds is 4. The molecule has 0 aromatic heterocycles. The second-order valence-corrected chi connectivity index (χ2v) is 6.54. The number of nitrogens with zero attached hydrogens (tertiary/aromatic N) is 1. The van der Waals surface area contributed by atoms with Crippen LogP contribution in [0.15, 0.2) is 71.8 Å². The van der Waals surface area contributed by atoms with Crippen molar-refractivity contribution >= 4 is 17.4 Å². The van der Waals surface area contributed by atoms with E-state index >= 15 is 0 Å². The standard InChI is InChI=1S/C21H24N4.ClH/c1-15(2)19-14-20(18-12-8-5-9-13-18)23-21(22-19)25-24-16(3)17-10-6-4-7-11-17;/h4-15,19H,1-3H3,(H2,22,23,25);1H/b24-16+;. The molecule has 0 spiro atoms. The third kappa shape index (κ3) is 4.96. The number of nitrogens with one attached hydrogen (secondary N) is 3. The van der Waals surface area contributed by atoms with Crippen LogP contribution in [-0.2, 0) is 0 Å². The predicted octanol–water partition coefficient (Wildman–Crippen LogP) is -0.890. The Balaban J connectivity index is 0.00000243. The summed E-state index contributed by atoms with van der Waals surface area (Å²) in [5.74, 6) is 1.27. The van der Waals surface area contributed by atoms with Gasteiger partial charge in [0.25, 0.3) is 0 Å². The number of hydrazone groups is 1. The Kier molecular flexibility index (Phi) is 6.98. The normalized spacial score (nSPS) is 16.9. The molecule has 1 heterocycles. The number of halogens is 1. The summed E-state index contributed by atoms with van der Waals surface area (Å²) in [5, 5.41) is 7.93. The minimum atomic E-state index is 0. The minimum Gasteiger partial charge on any atom is -1.00 e. The zero-order chi connectivity index (χ0) is 17.6. The predicted molar refractivity (Wildman–Crippen MR) is 104 cm³/mol. The number of hydrogen-bond acceptors (Lipinski definition) is 3. The van der Waals surface area contributed by atoms with Crippen molar-refractivity contribution in [3.63, 3.8) is 0 Å². The fraction of sp³-hybridized carbons (Fsp3) is 0.238. The Hall–Kier alpha value is -2.59. The molecule has 1 unspecified atom stereocenters. The van der Waals surface area contributed by atoms with E-state index in [0.717, 1.165) is 28.5 Å². The van der Waals surface area contributed by atoms with Gasteiger partial charge in [0.15, 0.2) is 0 Å². The van der Waals surface area contributed by atoms with E-state index in [1.54, 1.807) is 0 Å². The first-order valence-corrected chi connectivity index (χ1v) is 8.67. The molecule has 26 heavy (non-hydrogen) atoms. The number of guanidine groups is 1. The summed E-state index contributed by atoms with van der Waals surface area (Å²) in [6.07, 6.45) is 2.24. The van der Waals surface area contributed by atoms with E-state index in [9.17, 15) is 0 Å². The van der Waals surface area contributed by atoms with Gasteiger partial charge in [-0.1, -0.05) is 74.5 Å². The number of hydrogen-bond donors (Lipinski definition) is 3. The van der Waals surface area contributed by atoms with Crippen LogP contribution in [0.5, 0.6) is 0 Å². The van der Waals surface area contributed by atoms with Crippen molar-refractivity contribution in [1.29, 1.82) is 0 Å². The average Bonchev–Trinajstić information content (AvgIpc) is 2.67. The summed E-state index contributed by atoms with van der Waals surface area (Å²) in [7, 11) is 0. The third-order valence-electron chi connectivity index (χ3n) is 4.25. The molecule has 3 N–H and O–H groups in total. The van der Waals surface area contributed by atoms with Gasteiger partial charge in [0.2, 0.25) is 0 Å². The summed E-state index contributed by atoms with van der Waals surface area (Å²) in [5.41, 5.74) is 7.44. The molecule has 2 aromatic carbocycles. The van der Waals surface area contributed by atoms with Gasteiger partial charge in [-0.2, -0.15) is 5.43 Å². The monoisotopic (exact) mass is 368 g/mol. The van der Waals surface area contributed by atoms with Gasteiger partial charge in [-0.15, -0.1) is 5.10 Å². The van der Waals surface area contributed by atoms with Crippen molar-refractivity contribution in [1.82, 2.24) is 10.7 Å². The van der Waals surface area contributed by atoms with Crippen LogP contribution in [0, 0.1) is 5.92 Å². The molecule has 0 saturated heterocycles. The topological polar surface area (TPSA) is 50.4 Å². The molecule has 136 valence electrons. The minimum absolute atomic E-state index is 0. The molecule has 3 rings (SSSR count). The van der Waals surface area contributed by atoms with Gasteiger partial charge >= 0.3 is 5.96 Å². The molecule has 5 heteroatoms. The highest BCUT2D eigenvalue weighted by Crippen LogP contribution is 2.14. The van der Waals surface area contributed by atoms with E-state index < -0.39 is 0 Å². The Morgan fingerprint density at radius 1 is 1.04 bits per heavy atom. The molecule has 0 fully saturated rings. The van der Waals surface area contributed by atoms with E-state index in [0.29, 0.717) is 5.92 Å². The van der Waals surface area contributed by atoms with E-state index in [1.165, 1.54) is 0 Å². The Bertz CT molecular complexity index is 795. The van der Waals surface area contributed by atoms with Crippen LogP contribution in [0.3, 0.4) is 0 Å². The van der Waals surface area contributed by atoms with E-state index in [-0.39, 0.29) is 18.4 Å². The zero-order valence-electron chi connectivity index (χ0n) is 15.3. The molecule has 0 bridgehead atoms. The van der Waals surface area contributed by atoms with Crippen LogP contribution in [0.1, 0.15) is 31.9 Å². The Labute approximate surface area is 161 Å². The molecule has 1 aliphatic heterocycles. The van der Waals surface area contributed by atoms with Crippen LogP contribution < -0.4 is 28.1 Å². The molecule has 2 aromatic rings. The quantitative estimate of drug-likeness (QED) is 0.484. The maximum absolute atomic E-state index is 4.52. The van der Waals surface area contributed by atoms with Crippen molar-refractivity contribution in [2.24, 2.45) is 11.0 Å². The summed E-state index contributed by atoms with van der Waals surface area (Å²) in [6.45, 7) is 6.41. The largest absolute Gasteiger partial charge is 1.00 e. The molecule has 0 amide bonds. The third-order valence-corrected chi connectivity index (χ3v) is 4.25. The molecular formula is C21H25ClN4. The fourth-order valence-electron chi connectivity index (χ4n) is 2.69. The molecule has 1 atom stereocenters. The second kappa shape index (κ2) is 9.20. The highest BCUT2D eigenvalue weighted by molar-refractivity contribution is 5.99. The first-order chi connectivity index (χ1) is 12.1. The first-order valence-electron chi connectivity index (χ1n) is 8.67. The van der Waals surface area contributed by atoms with Crippen molar-refractivity contribution < 1.29 is 17.4 Å². The van der Waals surface area contributed by atoms with Gasteiger partial charge in [-0.05, 0) is 24.5 Å². The lowest BCUT2D eigenvalue weighted by Crippen LogP contribution is -3.00. The molecule has 1 aliphatic rings. The summed E-state index contributed by atoms with van der Waals surface area (Å²) in [4.78, 5) is 3.47. The molecule has 0 aliphatic carbocycles. The summed E-state index contributed by atoms with van der Waals surface area (Å²) >= 11 is 0. The number of benzene rings is 2. The van der Waals surface area contributed by atoms with Crippen molar-refractivity contribution in [3.05, 3.63) is 77.9 Å². The van der Waals surface area contributed by atoms with Gasteiger partial charge in [-0.25, -0.2) is 5.32 Å². The van der Waals surface area contributed by atoms with E-state index in [4.69, 9.17) is 0 Å². The van der Waals surface area contributed by atoms with Crippen molar-refractivity contribution in [3.8, 4) is 0 Å². The fourth-order valence-corrected chi connectivity index (χ4v) is 2.69. The van der Waals surface area contributed by atoms with Crippen LogP contribution in [-0.4, -0.2) is 17.7 Å². The summed E-state index contributed by atoms with van der Waals surface area (Å²) in [6, 6.07) is 20.7. The Morgan fingerprint density at radius 3 is 2.27 bits per heavy atom. The van der Waals surface area contributed by atoms with Gasteiger partial charge in [0.05, 0.1) is 11.8 Å². The van der Waals surface area contributed by atoms with Crippen LogP contribution in [0.4, 0.5) is 0 Å². The highest BCUT2D eigenvalue weighted by atomic mass is 35.5. The molecule has 0 radical (unpaired) electrons. The first kappa shape index (κ1) is 19.7. The van der Waals surface area contributed by atoms with E-state index in [1.807, 2.05) is 31.2 Å². The van der Waals surface area contributed by atoms with Crippen molar-refractivity contribution in [2.75, 3.05) is 0 Å². The average molecular weight is 369 g/mol. The van der Waals surface area contributed by atoms with E-state index in [2.05, 4.69) is 77.2 Å². The van der Waals surface area contributed by atoms with Crippen LogP contribution >= 0.6 is 0 Å². The van der Waals surface area contributed by atoms with Gasteiger partial charge in [0.1, 0.15) is 5.70 Å². The highest BCUT2D eigenvalue weighted by Gasteiger charge is 2.23. The lowest BCUT2D eigenvalue weighted by atomic mass is 10.0. The maximum atomic E-state index is 4.52. The lowest BCUT2D eigenvalue weighted by molar-refractivity contribution is -0.503. The molecular weight excluding hydrogens is 344 g/mol. The summed E-state index contributed by atoms with van der Waals surface area (Å²) < 4.78 is 0. The van der Waals surface area contributed by atoms with Gasteiger partial charge in [-0.3, -0.25) is 4.99 Å². The van der Waals surface area contributed by atoms with Gasteiger partial charge < -0.3 is 12.4 Å². The zero-order valence-corrected chi connectivity index (χ0v) is 16.1. The Morgan fingerprint density at radius 2 is 1.65 bits per heavy atom. The smallest absolute Gasteiger partial charge is 0.372 e. The SMILES string of the molecule is C/C(=N\NC1=[NH+]C(C(C)C)C=C(c2ccccc2)N1)c1ccccc1.[Cl-]. The van der Waals surface area contributed by atoms with Crippen LogP contribution in [0.2, 0.25) is 0 Å². The molecule has 4 nitrogen and oxygen atoms in total. The lowest BCUT2D eigenvalue weighted by Gasteiger charge is -2.19. The maximum Gasteiger partial charge on any atom is 0.372 e. The van der Waals surface area contributed by atoms with Gasteiger partial charge in [0, 0.05) is 5.56 Å². The second-order valence-electron chi connectivity index (χ2n) is 6.54. The molecule has 0 saturated carbocycles.